The predicted molar refractivity (Wildman–Crippen MR) is 118 cm³/mol. The van der Waals surface area contributed by atoms with Crippen LogP contribution in [0.5, 0.6) is 11.5 Å². The fraction of sp³-hybridized carbons (Fsp3) is 0.208. The third-order valence-corrected chi connectivity index (χ3v) is 5.23. The van der Waals surface area contributed by atoms with Crippen molar-refractivity contribution in [2.45, 2.75) is 26.2 Å². The van der Waals surface area contributed by atoms with Crippen LogP contribution in [0.15, 0.2) is 72.8 Å². The van der Waals surface area contributed by atoms with E-state index < -0.39 is 6.10 Å². The lowest BCUT2D eigenvalue weighted by Gasteiger charge is -2.16. The summed E-state index contributed by atoms with van der Waals surface area (Å²) in [5.41, 5.74) is 2.75. The fourth-order valence-electron chi connectivity index (χ4n) is 3.27. The fourth-order valence-corrected chi connectivity index (χ4v) is 3.38. The summed E-state index contributed by atoms with van der Waals surface area (Å²) >= 11 is 6.06. The first-order valence-corrected chi connectivity index (χ1v) is 10.2. The van der Waals surface area contributed by atoms with Crippen molar-refractivity contribution < 1.29 is 14.6 Å². The number of aliphatic hydroxyl groups is 1. The number of para-hydroxylation sites is 3. The molecule has 4 aromatic rings. The summed E-state index contributed by atoms with van der Waals surface area (Å²) in [5, 5.41) is 11.3. The molecule has 1 N–H and O–H groups in total. The van der Waals surface area contributed by atoms with Gasteiger partial charge < -0.3 is 19.1 Å². The van der Waals surface area contributed by atoms with Gasteiger partial charge >= 0.3 is 0 Å². The van der Waals surface area contributed by atoms with Crippen LogP contribution in [0.25, 0.3) is 11.0 Å². The maximum absolute atomic E-state index is 10.6. The van der Waals surface area contributed by atoms with E-state index in [1.807, 2.05) is 72.2 Å². The number of aryl methyl sites for hydroxylation is 1. The van der Waals surface area contributed by atoms with Crippen LogP contribution in [0.1, 0.15) is 11.4 Å². The number of halogens is 1. The lowest BCUT2D eigenvalue weighted by molar-refractivity contribution is 0.0917. The highest BCUT2D eigenvalue weighted by atomic mass is 35.5. The van der Waals surface area contributed by atoms with Gasteiger partial charge in [-0.25, -0.2) is 4.98 Å². The number of rotatable bonds is 8. The minimum Gasteiger partial charge on any atom is -0.491 e. The van der Waals surface area contributed by atoms with Crippen molar-refractivity contribution in [1.29, 1.82) is 0 Å². The first-order valence-electron chi connectivity index (χ1n) is 9.79. The minimum atomic E-state index is -0.714. The molecule has 6 heteroatoms. The Hall–Kier alpha value is -3.02. The smallest absolute Gasteiger partial charge is 0.148 e. The average Bonchev–Trinajstić information content (AvgIpc) is 3.11. The number of benzene rings is 3. The first-order chi connectivity index (χ1) is 14.6. The maximum Gasteiger partial charge on any atom is 0.148 e. The molecule has 0 spiro atoms. The SMILES string of the molecule is Cc1cc(OCC(O)Cn2c(COc3ccccc3)nc3ccccc32)ccc1Cl. The van der Waals surface area contributed by atoms with Crippen molar-refractivity contribution in [3.8, 4) is 11.5 Å². The highest BCUT2D eigenvalue weighted by Crippen LogP contribution is 2.22. The van der Waals surface area contributed by atoms with Crippen LogP contribution in [0.2, 0.25) is 5.02 Å². The van der Waals surface area contributed by atoms with Crippen molar-refractivity contribution in [2.75, 3.05) is 6.61 Å². The van der Waals surface area contributed by atoms with E-state index in [4.69, 9.17) is 26.1 Å². The van der Waals surface area contributed by atoms with Gasteiger partial charge in [0.05, 0.1) is 17.6 Å². The van der Waals surface area contributed by atoms with Gasteiger partial charge in [0.1, 0.15) is 36.6 Å². The van der Waals surface area contributed by atoms with Gasteiger partial charge in [-0.15, -0.1) is 0 Å². The Morgan fingerprint density at radius 1 is 0.967 bits per heavy atom. The van der Waals surface area contributed by atoms with Gasteiger partial charge in [0.2, 0.25) is 0 Å². The molecular weight excluding hydrogens is 400 g/mol. The second kappa shape index (κ2) is 9.20. The van der Waals surface area contributed by atoms with Gasteiger partial charge in [-0.2, -0.15) is 0 Å². The molecule has 0 radical (unpaired) electrons. The molecule has 3 aromatic carbocycles. The van der Waals surface area contributed by atoms with Gasteiger partial charge in [0.25, 0.3) is 0 Å². The third kappa shape index (κ3) is 4.75. The Balaban J connectivity index is 1.48. The molecule has 1 heterocycles. The van der Waals surface area contributed by atoms with E-state index in [2.05, 4.69) is 0 Å². The predicted octanol–water partition coefficient (Wildman–Crippen LogP) is 5.02. The zero-order valence-corrected chi connectivity index (χ0v) is 17.4. The highest BCUT2D eigenvalue weighted by molar-refractivity contribution is 6.31. The molecule has 0 aliphatic rings. The van der Waals surface area contributed by atoms with E-state index in [0.29, 0.717) is 23.9 Å². The molecule has 0 saturated carbocycles. The Kier molecular flexibility index (Phi) is 6.21. The normalized spacial score (nSPS) is 12.1. The summed E-state index contributed by atoms with van der Waals surface area (Å²) in [4.78, 5) is 4.69. The highest BCUT2D eigenvalue weighted by Gasteiger charge is 2.15. The summed E-state index contributed by atoms with van der Waals surface area (Å²) in [7, 11) is 0. The number of nitrogens with zero attached hydrogens (tertiary/aromatic N) is 2. The molecule has 0 amide bonds. The number of aromatic nitrogens is 2. The molecule has 5 nitrogen and oxygen atoms in total. The Morgan fingerprint density at radius 3 is 2.53 bits per heavy atom. The molecule has 0 bridgehead atoms. The molecule has 1 aromatic heterocycles. The third-order valence-electron chi connectivity index (χ3n) is 4.81. The topological polar surface area (TPSA) is 56.5 Å². The van der Waals surface area contributed by atoms with Gasteiger partial charge in [0.15, 0.2) is 0 Å². The Bertz CT molecular complexity index is 1130. The lowest BCUT2D eigenvalue weighted by Crippen LogP contribution is -2.25. The molecule has 0 aliphatic carbocycles. The molecule has 0 aliphatic heterocycles. The van der Waals surface area contributed by atoms with Crippen molar-refractivity contribution in [3.63, 3.8) is 0 Å². The number of aliphatic hydroxyl groups excluding tert-OH is 1. The zero-order valence-electron chi connectivity index (χ0n) is 16.7. The summed E-state index contributed by atoms with van der Waals surface area (Å²) in [6, 6.07) is 22.9. The van der Waals surface area contributed by atoms with E-state index >= 15 is 0 Å². The van der Waals surface area contributed by atoms with Crippen LogP contribution >= 0.6 is 11.6 Å². The Morgan fingerprint density at radius 2 is 1.73 bits per heavy atom. The molecular formula is C24H23ClN2O3. The number of fused-ring (bicyclic) bond motifs is 1. The molecule has 30 heavy (non-hydrogen) atoms. The quantitative estimate of drug-likeness (QED) is 0.433. The van der Waals surface area contributed by atoms with Gasteiger partial charge in [0, 0.05) is 5.02 Å². The van der Waals surface area contributed by atoms with E-state index in [-0.39, 0.29) is 6.61 Å². The summed E-state index contributed by atoms with van der Waals surface area (Å²) < 4.78 is 13.6. The van der Waals surface area contributed by atoms with Crippen LogP contribution in [0.4, 0.5) is 0 Å². The van der Waals surface area contributed by atoms with E-state index in [9.17, 15) is 5.11 Å². The van der Waals surface area contributed by atoms with Crippen molar-refractivity contribution in [1.82, 2.24) is 9.55 Å². The first kappa shape index (κ1) is 20.3. The van der Waals surface area contributed by atoms with E-state index in [1.165, 1.54) is 0 Å². The van der Waals surface area contributed by atoms with Gasteiger partial charge in [-0.05, 0) is 55.0 Å². The van der Waals surface area contributed by atoms with Gasteiger partial charge in [-0.3, -0.25) is 0 Å². The van der Waals surface area contributed by atoms with Crippen LogP contribution in [0, 0.1) is 6.92 Å². The number of ether oxygens (including phenoxy) is 2. The molecule has 0 fully saturated rings. The van der Waals surface area contributed by atoms with Crippen molar-refractivity contribution in [2.24, 2.45) is 0 Å². The van der Waals surface area contributed by atoms with Crippen molar-refractivity contribution in [3.05, 3.63) is 89.2 Å². The van der Waals surface area contributed by atoms with Gasteiger partial charge in [-0.1, -0.05) is 41.9 Å². The largest absolute Gasteiger partial charge is 0.491 e. The maximum atomic E-state index is 10.6. The molecule has 0 saturated heterocycles. The number of hydrogen-bond acceptors (Lipinski definition) is 4. The van der Waals surface area contributed by atoms with Crippen molar-refractivity contribution >= 4 is 22.6 Å². The van der Waals surface area contributed by atoms with E-state index in [0.717, 1.165) is 28.2 Å². The second-order valence-electron chi connectivity index (χ2n) is 7.10. The monoisotopic (exact) mass is 422 g/mol. The summed E-state index contributed by atoms with van der Waals surface area (Å²) in [6.07, 6.45) is -0.714. The van der Waals surface area contributed by atoms with E-state index in [1.54, 1.807) is 12.1 Å². The average molecular weight is 423 g/mol. The minimum absolute atomic E-state index is 0.159. The van der Waals surface area contributed by atoms with Crippen LogP contribution in [-0.2, 0) is 13.2 Å². The van der Waals surface area contributed by atoms with Crippen LogP contribution < -0.4 is 9.47 Å². The Labute approximate surface area is 180 Å². The summed E-state index contributed by atoms with van der Waals surface area (Å²) in [6.45, 7) is 2.73. The molecule has 4 rings (SSSR count). The molecule has 154 valence electrons. The molecule has 1 unspecified atom stereocenters. The standard InChI is InChI=1S/C24H23ClN2O3/c1-17-13-20(11-12-21(17)25)29-15-18(28)14-27-23-10-6-5-9-22(23)26-24(27)16-30-19-7-3-2-4-8-19/h2-13,18,28H,14-16H2,1H3. The zero-order chi connectivity index (χ0) is 20.9. The number of hydrogen-bond donors (Lipinski definition) is 1. The summed E-state index contributed by atoms with van der Waals surface area (Å²) in [5.74, 6) is 2.21. The molecule has 1 atom stereocenters. The van der Waals surface area contributed by atoms with Crippen LogP contribution in [-0.4, -0.2) is 27.4 Å². The second-order valence-corrected chi connectivity index (χ2v) is 7.51. The lowest BCUT2D eigenvalue weighted by atomic mass is 10.2. The van der Waals surface area contributed by atoms with Crippen LogP contribution in [0.3, 0.4) is 0 Å². The number of imidazole rings is 1.